The van der Waals surface area contributed by atoms with Gasteiger partial charge in [-0.15, -0.1) is 11.3 Å². The van der Waals surface area contributed by atoms with Gasteiger partial charge in [-0.1, -0.05) is 31.2 Å². The summed E-state index contributed by atoms with van der Waals surface area (Å²) in [5.74, 6) is 0.726. The lowest BCUT2D eigenvalue weighted by Gasteiger charge is -2.00. The predicted molar refractivity (Wildman–Crippen MR) is 77.0 cm³/mol. The SMILES string of the molecule is CCc1ccc(-c2nc(-c3ncn[nH]3)sc2C)cc1. The van der Waals surface area contributed by atoms with E-state index in [1.165, 1.54) is 16.8 Å². The van der Waals surface area contributed by atoms with E-state index >= 15 is 0 Å². The molecule has 0 aliphatic carbocycles. The van der Waals surface area contributed by atoms with Gasteiger partial charge in [0.25, 0.3) is 0 Å². The third-order valence-electron chi connectivity index (χ3n) is 3.05. The number of benzene rings is 1. The van der Waals surface area contributed by atoms with Crippen LogP contribution in [-0.2, 0) is 6.42 Å². The molecule has 2 heterocycles. The van der Waals surface area contributed by atoms with Gasteiger partial charge in [-0.2, -0.15) is 5.10 Å². The second kappa shape index (κ2) is 4.93. The van der Waals surface area contributed by atoms with E-state index in [9.17, 15) is 0 Å². The topological polar surface area (TPSA) is 54.5 Å². The van der Waals surface area contributed by atoms with Gasteiger partial charge in [0.15, 0.2) is 10.8 Å². The molecule has 0 fully saturated rings. The van der Waals surface area contributed by atoms with Crippen LogP contribution in [0.5, 0.6) is 0 Å². The van der Waals surface area contributed by atoms with Crippen molar-refractivity contribution < 1.29 is 0 Å². The van der Waals surface area contributed by atoms with Crippen LogP contribution in [0.2, 0.25) is 0 Å². The summed E-state index contributed by atoms with van der Waals surface area (Å²) in [6, 6.07) is 8.57. The molecule has 5 heteroatoms. The van der Waals surface area contributed by atoms with Gasteiger partial charge in [0.05, 0.1) is 5.69 Å². The molecule has 0 bridgehead atoms. The quantitative estimate of drug-likeness (QED) is 0.793. The normalized spacial score (nSPS) is 10.8. The number of H-pyrrole nitrogens is 1. The molecule has 0 spiro atoms. The molecule has 2 aromatic heterocycles. The average Bonchev–Trinajstić information content (AvgIpc) is 3.08. The number of nitrogens with zero attached hydrogens (tertiary/aromatic N) is 3. The molecule has 0 unspecified atom stereocenters. The van der Waals surface area contributed by atoms with E-state index in [2.05, 4.69) is 58.3 Å². The van der Waals surface area contributed by atoms with E-state index < -0.39 is 0 Å². The Bertz CT molecular complexity index is 668. The first-order chi connectivity index (χ1) is 9.28. The minimum Gasteiger partial charge on any atom is -0.257 e. The Morgan fingerprint density at radius 1 is 1.21 bits per heavy atom. The van der Waals surface area contributed by atoms with Crippen LogP contribution in [-0.4, -0.2) is 20.2 Å². The molecule has 96 valence electrons. The van der Waals surface area contributed by atoms with Crippen molar-refractivity contribution in [2.75, 3.05) is 0 Å². The molecule has 1 N–H and O–H groups in total. The third-order valence-corrected chi connectivity index (χ3v) is 4.03. The van der Waals surface area contributed by atoms with Crippen LogP contribution >= 0.6 is 11.3 Å². The standard InChI is InChI=1S/C14H14N4S/c1-3-10-4-6-11(7-5-10)12-9(2)19-14(17-12)13-15-8-16-18-13/h4-8H,3H2,1-2H3,(H,15,16,18). The zero-order valence-corrected chi connectivity index (χ0v) is 11.7. The fourth-order valence-corrected chi connectivity index (χ4v) is 2.85. The van der Waals surface area contributed by atoms with Gasteiger partial charge < -0.3 is 0 Å². The first kappa shape index (κ1) is 12.0. The number of aromatic nitrogens is 4. The van der Waals surface area contributed by atoms with Crippen molar-refractivity contribution in [3.63, 3.8) is 0 Å². The molecule has 0 radical (unpaired) electrons. The molecule has 0 aliphatic rings. The van der Waals surface area contributed by atoms with Crippen LogP contribution in [0.15, 0.2) is 30.6 Å². The van der Waals surface area contributed by atoms with Crippen LogP contribution in [0.3, 0.4) is 0 Å². The maximum atomic E-state index is 4.66. The Labute approximate surface area is 115 Å². The highest BCUT2D eigenvalue weighted by atomic mass is 32.1. The minimum atomic E-state index is 0.726. The Hall–Kier alpha value is -2.01. The molecule has 3 rings (SSSR count). The molecular formula is C14H14N4S. The summed E-state index contributed by atoms with van der Waals surface area (Å²) in [7, 11) is 0. The average molecular weight is 270 g/mol. The molecule has 1 aromatic carbocycles. The lowest BCUT2D eigenvalue weighted by atomic mass is 10.1. The monoisotopic (exact) mass is 270 g/mol. The van der Waals surface area contributed by atoms with Crippen LogP contribution in [0.4, 0.5) is 0 Å². The summed E-state index contributed by atoms with van der Waals surface area (Å²) in [6.45, 7) is 4.24. The lowest BCUT2D eigenvalue weighted by Crippen LogP contribution is -1.84. The van der Waals surface area contributed by atoms with Gasteiger partial charge in [0.1, 0.15) is 6.33 Å². The van der Waals surface area contributed by atoms with Crippen LogP contribution in [0.25, 0.3) is 22.1 Å². The molecule has 19 heavy (non-hydrogen) atoms. The first-order valence-corrected chi connectivity index (χ1v) is 7.02. The van der Waals surface area contributed by atoms with Crippen LogP contribution in [0.1, 0.15) is 17.4 Å². The van der Waals surface area contributed by atoms with Crippen molar-refractivity contribution in [2.24, 2.45) is 0 Å². The fourth-order valence-electron chi connectivity index (χ4n) is 1.97. The van der Waals surface area contributed by atoms with E-state index in [0.29, 0.717) is 0 Å². The summed E-state index contributed by atoms with van der Waals surface area (Å²) < 4.78 is 0. The maximum Gasteiger partial charge on any atom is 0.184 e. The highest BCUT2D eigenvalue weighted by molar-refractivity contribution is 7.15. The number of aryl methyl sites for hydroxylation is 2. The van der Waals surface area contributed by atoms with Crippen molar-refractivity contribution >= 4 is 11.3 Å². The summed E-state index contributed by atoms with van der Waals surface area (Å²) in [5.41, 5.74) is 3.52. The number of rotatable bonds is 3. The highest BCUT2D eigenvalue weighted by Crippen LogP contribution is 2.31. The molecule has 0 atom stereocenters. The molecule has 0 saturated carbocycles. The highest BCUT2D eigenvalue weighted by Gasteiger charge is 2.12. The first-order valence-electron chi connectivity index (χ1n) is 6.20. The smallest absolute Gasteiger partial charge is 0.184 e. The van der Waals surface area contributed by atoms with Crippen molar-refractivity contribution in [1.29, 1.82) is 0 Å². The number of thiazole rings is 1. The van der Waals surface area contributed by atoms with Gasteiger partial charge >= 0.3 is 0 Å². The van der Waals surface area contributed by atoms with Gasteiger partial charge in [-0.3, -0.25) is 5.10 Å². The van der Waals surface area contributed by atoms with E-state index in [1.54, 1.807) is 11.3 Å². The van der Waals surface area contributed by atoms with Crippen LogP contribution in [0, 0.1) is 6.92 Å². The predicted octanol–water partition coefficient (Wildman–Crippen LogP) is 3.47. The second-order valence-electron chi connectivity index (χ2n) is 4.31. The molecule has 0 aliphatic heterocycles. The van der Waals surface area contributed by atoms with Gasteiger partial charge in [0, 0.05) is 10.4 Å². The van der Waals surface area contributed by atoms with Crippen molar-refractivity contribution in [3.8, 4) is 22.1 Å². The Balaban J connectivity index is 2.00. The van der Waals surface area contributed by atoms with Crippen LogP contribution < -0.4 is 0 Å². The molecule has 4 nitrogen and oxygen atoms in total. The van der Waals surface area contributed by atoms with Crippen molar-refractivity contribution in [2.45, 2.75) is 20.3 Å². The van der Waals surface area contributed by atoms with Gasteiger partial charge in [-0.25, -0.2) is 9.97 Å². The fraction of sp³-hybridized carbons (Fsp3) is 0.214. The number of nitrogens with one attached hydrogen (secondary N) is 1. The number of hydrogen-bond donors (Lipinski definition) is 1. The van der Waals surface area contributed by atoms with Gasteiger partial charge in [0.2, 0.25) is 0 Å². The Morgan fingerprint density at radius 3 is 2.63 bits per heavy atom. The third kappa shape index (κ3) is 2.29. The Kier molecular flexibility index (Phi) is 3.13. The lowest BCUT2D eigenvalue weighted by molar-refractivity contribution is 1.09. The van der Waals surface area contributed by atoms with Crippen molar-refractivity contribution in [3.05, 3.63) is 41.0 Å². The Morgan fingerprint density at radius 2 is 2.00 bits per heavy atom. The largest absolute Gasteiger partial charge is 0.257 e. The summed E-state index contributed by atoms with van der Waals surface area (Å²) >= 11 is 1.63. The van der Waals surface area contributed by atoms with E-state index in [1.807, 2.05) is 0 Å². The summed E-state index contributed by atoms with van der Waals surface area (Å²) in [6.07, 6.45) is 2.56. The molecule has 3 aromatic rings. The van der Waals surface area contributed by atoms with Gasteiger partial charge in [-0.05, 0) is 18.9 Å². The zero-order chi connectivity index (χ0) is 13.2. The summed E-state index contributed by atoms with van der Waals surface area (Å²) in [5, 5.41) is 7.59. The van der Waals surface area contributed by atoms with E-state index in [-0.39, 0.29) is 0 Å². The maximum absolute atomic E-state index is 4.66. The van der Waals surface area contributed by atoms with Crippen molar-refractivity contribution in [1.82, 2.24) is 20.2 Å². The zero-order valence-electron chi connectivity index (χ0n) is 10.8. The number of hydrogen-bond acceptors (Lipinski definition) is 4. The van der Waals surface area contributed by atoms with E-state index in [0.717, 1.165) is 28.5 Å². The minimum absolute atomic E-state index is 0.726. The molecular weight excluding hydrogens is 256 g/mol. The molecule has 0 amide bonds. The summed E-state index contributed by atoms with van der Waals surface area (Å²) in [4.78, 5) is 10.00. The van der Waals surface area contributed by atoms with E-state index in [4.69, 9.17) is 0 Å². The second-order valence-corrected chi connectivity index (χ2v) is 5.51. The number of aromatic amines is 1. The molecule has 0 saturated heterocycles.